The molecule has 154 valence electrons. The zero-order valence-electron chi connectivity index (χ0n) is 16.3. The Morgan fingerprint density at radius 1 is 1.52 bits per heavy atom. The van der Waals surface area contributed by atoms with Gasteiger partial charge in [0.05, 0.1) is 10.6 Å². The molecule has 1 aliphatic rings. The van der Waals surface area contributed by atoms with Crippen molar-refractivity contribution in [1.29, 1.82) is 10.0 Å². The quantitative estimate of drug-likeness (QED) is 0.439. The Morgan fingerprint density at radius 2 is 2.24 bits per heavy atom. The summed E-state index contributed by atoms with van der Waals surface area (Å²) >= 11 is 0. The number of halogens is 1. The van der Waals surface area contributed by atoms with Crippen molar-refractivity contribution in [3.8, 4) is 6.07 Å². The molecular formula is C19H23FN6O2S. The van der Waals surface area contributed by atoms with Crippen molar-refractivity contribution in [2.45, 2.75) is 37.4 Å². The van der Waals surface area contributed by atoms with E-state index >= 15 is 0 Å². The molecule has 3 heterocycles. The second-order valence-corrected chi connectivity index (χ2v) is 9.18. The van der Waals surface area contributed by atoms with Gasteiger partial charge in [-0.25, -0.2) is 18.7 Å². The summed E-state index contributed by atoms with van der Waals surface area (Å²) in [5.74, 6) is -0.502. The van der Waals surface area contributed by atoms with Crippen LogP contribution in [0.4, 0.5) is 10.1 Å². The number of fused-ring (bicyclic) bond motifs is 1. The molecule has 29 heavy (non-hydrogen) atoms. The first kappa shape index (κ1) is 21.0. The van der Waals surface area contributed by atoms with Crippen LogP contribution in [0.2, 0.25) is 0 Å². The van der Waals surface area contributed by atoms with Crippen LogP contribution in [-0.2, 0) is 17.0 Å². The van der Waals surface area contributed by atoms with Crippen molar-refractivity contribution in [2.75, 3.05) is 5.32 Å². The number of hydrogen-bond donors (Lipinski definition) is 4. The van der Waals surface area contributed by atoms with Crippen LogP contribution in [0, 0.1) is 28.0 Å². The Bertz CT molecular complexity index is 1100. The van der Waals surface area contributed by atoms with E-state index in [1.165, 1.54) is 6.07 Å². The number of nitrogens with one attached hydrogen (secondary N) is 3. The van der Waals surface area contributed by atoms with E-state index in [0.717, 1.165) is 6.07 Å². The number of aliphatic hydroxyl groups is 1. The Hall–Kier alpha value is -2.74. The molecule has 0 spiro atoms. The molecule has 0 aliphatic carbocycles. The number of hydrogen-bond acceptors (Lipinski definition) is 6. The molecule has 0 saturated heterocycles. The van der Waals surface area contributed by atoms with Gasteiger partial charge in [0.15, 0.2) is 6.23 Å². The third kappa shape index (κ3) is 4.48. The molecule has 0 aromatic carbocycles. The van der Waals surface area contributed by atoms with Gasteiger partial charge >= 0.3 is 0 Å². The Labute approximate surface area is 169 Å². The van der Waals surface area contributed by atoms with Crippen LogP contribution < -0.4 is 10.0 Å². The number of aryl methyl sites for hydroxylation is 1. The van der Waals surface area contributed by atoms with Gasteiger partial charge in [-0.15, -0.1) is 0 Å². The second-order valence-electron chi connectivity index (χ2n) is 7.39. The van der Waals surface area contributed by atoms with Crippen molar-refractivity contribution in [1.82, 2.24) is 14.3 Å². The highest BCUT2D eigenvalue weighted by Crippen LogP contribution is 2.31. The van der Waals surface area contributed by atoms with Crippen LogP contribution in [0.3, 0.4) is 0 Å². The highest BCUT2D eigenvalue weighted by Gasteiger charge is 2.28. The normalized spacial score (nSPS) is 22.0. The number of anilines is 1. The molecule has 2 unspecified atom stereocenters. The van der Waals surface area contributed by atoms with Crippen LogP contribution in [0.25, 0.3) is 6.08 Å². The van der Waals surface area contributed by atoms with Crippen LogP contribution >= 0.6 is 0 Å². The van der Waals surface area contributed by atoms with Gasteiger partial charge in [0.25, 0.3) is 0 Å². The lowest BCUT2D eigenvalue weighted by molar-refractivity contribution is 0.199. The van der Waals surface area contributed by atoms with Gasteiger partial charge in [0, 0.05) is 36.6 Å². The first-order valence-electron chi connectivity index (χ1n) is 9.06. The molecule has 0 saturated carbocycles. The molecule has 1 aliphatic heterocycles. The van der Waals surface area contributed by atoms with Crippen molar-refractivity contribution < 1.29 is 13.7 Å². The van der Waals surface area contributed by atoms with Crippen LogP contribution in [0.15, 0.2) is 29.3 Å². The molecule has 8 nitrogen and oxygen atoms in total. The molecule has 0 amide bonds. The van der Waals surface area contributed by atoms with E-state index in [1.54, 1.807) is 30.0 Å². The largest absolute Gasteiger partial charge is 0.368 e. The highest BCUT2D eigenvalue weighted by molar-refractivity contribution is 7.90. The molecular weight excluding hydrogens is 395 g/mol. The van der Waals surface area contributed by atoms with Crippen LogP contribution in [0.1, 0.15) is 43.4 Å². The van der Waals surface area contributed by atoms with E-state index in [9.17, 15) is 13.7 Å². The number of nitriles is 1. The predicted octanol–water partition coefficient (Wildman–Crippen LogP) is 2.89. The average molecular weight is 418 g/mol. The minimum Gasteiger partial charge on any atom is -0.368 e. The number of rotatable bonds is 5. The molecule has 0 bridgehead atoms. The molecule has 4 N–H and O–H groups in total. The summed E-state index contributed by atoms with van der Waals surface area (Å²) in [6.07, 6.45) is 4.57. The molecule has 2 aromatic rings. The summed E-state index contributed by atoms with van der Waals surface area (Å²) in [6.45, 7) is 4.09. The van der Waals surface area contributed by atoms with Gasteiger partial charge in [-0.3, -0.25) is 0 Å². The summed E-state index contributed by atoms with van der Waals surface area (Å²) in [5, 5.41) is 22.4. The average Bonchev–Trinajstić information content (AvgIpc) is 2.90. The third-order valence-electron chi connectivity index (χ3n) is 4.55. The van der Waals surface area contributed by atoms with Crippen molar-refractivity contribution in [3.63, 3.8) is 0 Å². The Kier molecular flexibility index (Phi) is 5.75. The maximum absolute atomic E-state index is 13.6. The number of aromatic nitrogens is 2. The predicted molar refractivity (Wildman–Crippen MR) is 107 cm³/mol. The number of nitrogens with zero attached hydrogens (tertiary/aromatic N) is 3. The van der Waals surface area contributed by atoms with Gasteiger partial charge in [0.2, 0.25) is 5.95 Å². The maximum atomic E-state index is 13.6. The van der Waals surface area contributed by atoms with Gasteiger partial charge in [-0.05, 0) is 18.4 Å². The number of aliphatic hydroxyl groups excluding tert-OH is 1. The van der Waals surface area contributed by atoms with Gasteiger partial charge in [-0.1, -0.05) is 26.0 Å². The number of pyridine rings is 1. The lowest BCUT2D eigenvalue weighted by atomic mass is 10.0. The summed E-state index contributed by atoms with van der Waals surface area (Å²) in [4.78, 5) is 3.71. The van der Waals surface area contributed by atoms with Crippen LogP contribution in [-0.4, -0.2) is 24.9 Å². The highest BCUT2D eigenvalue weighted by atomic mass is 32.2. The van der Waals surface area contributed by atoms with E-state index in [-0.39, 0.29) is 22.3 Å². The molecule has 3 rings (SSSR count). The minimum absolute atomic E-state index is 0.125. The third-order valence-corrected chi connectivity index (χ3v) is 6.13. The fourth-order valence-corrected chi connectivity index (χ4v) is 4.91. The van der Waals surface area contributed by atoms with E-state index in [1.807, 2.05) is 19.9 Å². The van der Waals surface area contributed by atoms with Gasteiger partial charge in [-0.2, -0.15) is 9.65 Å². The standard InChI is InChI=1S/C19H23FN6O2S/c1-11(2)6-12-4-5-15-16(29(22,28)25-12)10-26(3)18(15)19(27)24-13-7-14(9-21)23-17(20)8-13/h4-5,7-8,10-12,19,27H,6H2,1-3H3,(H,23,24)(H2,22,25,28)/t12-,19?,29?/m1/s1. The first-order valence-corrected chi connectivity index (χ1v) is 10.6. The van der Waals surface area contributed by atoms with Gasteiger partial charge in [0.1, 0.15) is 21.7 Å². The molecule has 0 fully saturated rings. The second kappa shape index (κ2) is 7.94. The van der Waals surface area contributed by atoms with E-state index in [4.69, 9.17) is 10.0 Å². The van der Waals surface area contributed by atoms with Crippen molar-refractivity contribution in [2.24, 2.45) is 13.0 Å². The lowest BCUT2D eigenvalue weighted by Gasteiger charge is -2.17. The minimum atomic E-state index is -3.28. The molecule has 0 radical (unpaired) electrons. The fraction of sp³-hybridized carbons (Fsp3) is 0.368. The Morgan fingerprint density at radius 3 is 2.90 bits per heavy atom. The monoisotopic (exact) mass is 418 g/mol. The summed E-state index contributed by atoms with van der Waals surface area (Å²) in [5.41, 5.74) is 0.900. The van der Waals surface area contributed by atoms with E-state index < -0.39 is 22.1 Å². The van der Waals surface area contributed by atoms with Gasteiger partial charge < -0.3 is 15.0 Å². The van der Waals surface area contributed by atoms with E-state index in [2.05, 4.69) is 15.0 Å². The van der Waals surface area contributed by atoms with Crippen molar-refractivity contribution >= 4 is 21.7 Å². The lowest BCUT2D eigenvalue weighted by Crippen LogP contribution is -2.32. The fourth-order valence-electron chi connectivity index (χ4n) is 3.39. The molecule has 3 atom stereocenters. The maximum Gasteiger partial charge on any atom is 0.216 e. The zero-order chi connectivity index (χ0) is 21.3. The molecule has 2 aromatic heterocycles. The summed E-state index contributed by atoms with van der Waals surface area (Å²) in [7, 11) is -1.62. The van der Waals surface area contributed by atoms with Crippen molar-refractivity contribution in [3.05, 3.63) is 47.3 Å². The Balaban J connectivity index is 1.99. The van der Waals surface area contributed by atoms with Crippen LogP contribution in [0.5, 0.6) is 0 Å². The zero-order valence-corrected chi connectivity index (χ0v) is 17.1. The summed E-state index contributed by atoms with van der Waals surface area (Å²) < 4.78 is 39.4. The molecule has 10 heteroatoms. The van der Waals surface area contributed by atoms with E-state index in [0.29, 0.717) is 23.6 Å². The smallest absolute Gasteiger partial charge is 0.216 e. The topological polar surface area (TPSA) is 127 Å². The first-order chi connectivity index (χ1) is 13.6. The SMILES string of the molecule is CC(C)C[C@H]1C=Cc2c(cn(C)c2C(O)Nc2cc(F)nc(C#N)c2)S(=N)(=O)N1. The summed E-state index contributed by atoms with van der Waals surface area (Å²) in [6, 6.07) is 3.91.